The lowest BCUT2D eigenvalue weighted by molar-refractivity contribution is -0.118. The summed E-state index contributed by atoms with van der Waals surface area (Å²) in [5.74, 6) is 0.692. The van der Waals surface area contributed by atoms with Crippen molar-refractivity contribution in [2.24, 2.45) is 0 Å². The Hall–Kier alpha value is -4.01. The predicted octanol–water partition coefficient (Wildman–Crippen LogP) is 6.05. The van der Waals surface area contributed by atoms with E-state index in [-0.39, 0.29) is 17.4 Å². The maximum absolute atomic E-state index is 12.6. The lowest BCUT2D eigenvalue weighted by Gasteiger charge is -2.11. The van der Waals surface area contributed by atoms with Gasteiger partial charge in [0.05, 0.1) is 10.6 Å². The van der Waals surface area contributed by atoms with Gasteiger partial charge in [0, 0.05) is 10.7 Å². The molecule has 0 spiro atoms. The van der Waals surface area contributed by atoms with Crippen molar-refractivity contribution in [3.8, 4) is 11.5 Å². The van der Waals surface area contributed by atoms with Crippen LogP contribution >= 0.6 is 11.6 Å². The molecule has 4 aromatic rings. The Morgan fingerprint density at radius 2 is 1.43 bits per heavy atom. The molecular formula is C28H25ClN2O5S. The van der Waals surface area contributed by atoms with Gasteiger partial charge in [-0.05, 0) is 78.7 Å². The zero-order chi connectivity index (χ0) is 26.3. The van der Waals surface area contributed by atoms with E-state index in [2.05, 4.69) is 10.0 Å². The number of benzene rings is 4. The van der Waals surface area contributed by atoms with Crippen LogP contribution in [-0.4, -0.2) is 20.9 Å². The van der Waals surface area contributed by atoms with Gasteiger partial charge in [0.2, 0.25) is 0 Å². The Bertz CT molecular complexity index is 1460. The molecule has 0 fully saturated rings. The van der Waals surface area contributed by atoms with Crippen LogP contribution in [0.4, 0.5) is 11.4 Å². The van der Waals surface area contributed by atoms with Crippen LogP contribution in [0.25, 0.3) is 0 Å². The normalized spacial score (nSPS) is 11.0. The molecule has 0 unspecified atom stereocenters. The molecule has 1 amide bonds. The van der Waals surface area contributed by atoms with Crippen LogP contribution in [0.2, 0.25) is 5.02 Å². The summed E-state index contributed by atoms with van der Waals surface area (Å²) in [6, 6.07) is 27.6. The zero-order valence-electron chi connectivity index (χ0n) is 20.0. The van der Waals surface area contributed by atoms with Crippen LogP contribution in [0, 0.1) is 6.92 Å². The average Bonchev–Trinajstić information content (AvgIpc) is 2.90. The third-order valence-electron chi connectivity index (χ3n) is 5.31. The molecule has 0 aliphatic carbocycles. The first-order valence-electron chi connectivity index (χ1n) is 11.4. The summed E-state index contributed by atoms with van der Waals surface area (Å²) in [5.41, 5.74) is 2.88. The quantitative estimate of drug-likeness (QED) is 0.257. The number of hydrogen-bond acceptors (Lipinski definition) is 5. The maximum Gasteiger partial charge on any atom is 0.262 e. The molecule has 37 heavy (non-hydrogen) atoms. The smallest absolute Gasteiger partial charge is 0.262 e. The highest BCUT2D eigenvalue weighted by Gasteiger charge is 2.15. The van der Waals surface area contributed by atoms with Crippen LogP contribution in [0.15, 0.2) is 102 Å². The number of hydrogen-bond donors (Lipinski definition) is 2. The van der Waals surface area contributed by atoms with E-state index in [1.807, 2.05) is 37.3 Å². The van der Waals surface area contributed by atoms with Gasteiger partial charge in [-0.3, -0.25) is 9.52 Å². The van der Waals surface area contributed by atoms with E-state index in [0.29, 0.717) is 34.5 Å². The first-order chi connectivity index (χ1) is 17.8. The van der Waals surface area contributed by atoms with Crippen molar-refractivity contribution < 1.29 is 22.7 Å². The van der Waals surface area contributed by atoms with E-state index >= 15 is 0 Å². The molecule has 4 aromatic carbocycles. The molecule has 7 nitrogen and oxygen atoms in total. The largest absolute Gasteiger partial charge is 0.489 e. The number of ether oxygens (including phenoxy) is 2. The average molecular weight is 537 g/mol. The minimum absolute atomic E-state index is 0.0515. The van der Waals surface area contributed by atoms with E-state index in [4.69, 9.17) is 21.1 Å². The minimum atomic E-state index is -3.81. The zero-order valence-corrected chi connectivity index (χ0v) is 21.6. The van der Waals surface area contributed by atoms with Crippen molar-refractivity contribution in [3.05, 3.63) is 113 Å². The van der Waals surface area contributed by atoms with Crippen LogP contribution in [0.1, 0.15) is 11.1 Å². The predicted molar refractivity (Wildman–Crippen MR) is 145 cm³/mol. The topological polar surface area (TPSA) is 93.7 Å². The number of sulfonamides is 1. The Morgan fingerprint density at radius 3 is 2.11 bits per heavy atom. The van der Waals surface area contributed by atoms with E-state index in [1.165, 1.54) is 24.3 Å². The number of nitrogens with one attached hydrogen (secondary N) is 2. The number of rotatable bonds is 10. The molecule has 2 N–H and O–H groups in total. The fourth-order valence-electron chi connectivity index (χ4n) is 3.31. The Morgan fingerprint density at radius 1 is 0.811 bits per heavy atom. The molecule has 0 radical (unpaired) electrons. The summed E-state index contributed by atoms with van der Waals surface area (Å²) in [6.07, 6.45) is 0. The molecule has 0 saturated carbocycles. The summed E-state index contributed by atoms with van der Waals surface area (Å²) < 4.78 is 39.0. The first-order valence-corrected chi connectivity index (χ1v) is 13.2. The second kappa shape index (κ2) is 11.8. The number of anilines is 2. The second-order valence-corrected chi connectivity index (χ2v) is 10.3. The molecule has 190 valence electrons. The number of aryl methyl sites for hydroxylation is 1. The van der Waals surface area contributed by atoms with Gasteiger partial charge in [-0.2, -0.15) is 0 Å². The van der Waals surface area contributed by atoms with E-state index in [9.17, 15) is 13.2 Å². The molecule has 0 bridgehead atoms. The Labute approximate surface area is 221 Å². The van der Waals surface area contributed by atoms with Crippen molar-refractivity contribution in [2.45, 2.75) is 18.4 Å². The van der Waals surface area contributed by atoms with Crippen LogP contribution in [-0.2, 0) is 21.4 Å². The molecule has 0 heterocycles. The highest BCUT2D eigenvalue weighted by molar-refractivity contribution is 7.92. The van der Waals surface area contributed by atoms with Crippen LogP contribution < -0.4 is 19.5 Å². The fourth-order valence-corrected chi connectivity index (χ4v) is 4.54. The van der Waals surface area contributed by atoms with E-state index < -0.39 is 10.0 Å². The molecular weight excluding hydrogens is 512 g/mol. The second-order valence-electron chi connectivity index (χ2n) is 8.18. The Kier molecular flexibility index (Phi) is 8.32. The third-order valence-corrected chi connectivity index (χ3v) is 7.12. The summed E-state index contributed by atoms with van der Waals surface area (Å²) in [5, 5.41) is 3.22. The molecule has 0 aliphatic heterocycles. The molecule has 0 saturated heterocycles. The van der Waals surface area contributed by atoms with Gasteiger partial charge in [-0.25, -0.2) is 8.42 Å². The minimum Gasteiger partial charge on any atom is -0.489 e. The molecule has 9 heteroatoms. The molecule has 0 aliphatic rings. The van der Waals surface area contributed by atoms with Crippen molar-refractivity contribution in [1.82, 2.24) is 0 Å². The van der Waals surface area contributed by atoms with Crippen molar-refractivity contribution in [1.29, 1.82) is 0 Å². The van der Waals surface area contributed by atoms with Crippen LogP contribution in [0.5, 0.6) is 11.5 Å². The van der Waals surface area contributed by atoms with E-state index in [0.717, 1.165) is 11.1 Å². The maximum atomic E-state index is 12.6. The molecule has 0 aromatic heterocycles. The van der Waals surface area contributed by atoms with Crippen molar-refractivity contribution >= 4 is 38.9 Å². The standard InChI is InChI=1S/C28H25ClN2O5S/c1-20-7-8-23(17-27(20)29)31-37(33,34)26-15-13-25(14-16-26)36-19-28(32)30-22-9-11-24(12-10-22)35-18-21-5-3-2-4-6-21/h2-17,31H,18-19H2,1H3,(H,30,32). The van der Waals surface area contributed by atoms with Gasteiger partial charge in [0.1, 0.15) is 18.1 Å². The summed E-state index contributed by atoms with van der Waals surface area (Å²) in [4.78, 5) is 12.3. The van der Waals surface area contributed by atoms with Crippen molar-refractivity contribution in [3.63, 3.8) is 0 Å². The van der Waals surface area contributed by atoms with Gasteiger partial charge in [0.15, 0.2) is 6.61 Å². The summed E-state index contributed by atoms with van der Waals surface area (Å²) in [6.45, 7) is 2.05. The molecule has 0 atom stereocenters. The van der Waals surface area contributed by atoms with Gasteiger partial charge < -0.3 is 14.8 Å². The molecule has 4 rings (SSSR count). The van der Waals surface area contributed by atoms with Gasteiger partial charge in [-0.1, -0.05) is 48.0 Å². The van der Waals surface area contributed by atoms with E-state index in [1.54, 1.807) is 42.5 Å². The highest BCUT2D eigenvalue weighted by atomic mass is 35.5. The Balaban J connectivity index is 1.26. The van der Waals surface area contributed by atoms with Crippen molar-refractivity contribution in [2.75, 3.05) is 16.6 Å². The third kappa shape index (κ3) is 7.49. The summed E-state index contributed by atoms with van der Waals surface area (Å²) >= 11 is 6.07. The van der Waals surface area contributed by atoms with Gasteiger partial charge in [0.25, 0.3) is 15.9 Å². The van der Waals surface area contributed by atoms with Gasteiger partial charge >= 0.3 is 0 Å². The lowest BCUT2D eigenvalue weighted by atomic mass is 10.2. The fraction of sp³-hybridized carbons (Fsp3) is 0.107. The summed E-state index contributed by atoms with van der Waals surface area (Å²) in [7, 11) is -3.81. The number of carbonyl (C=O) groups excluding carboxylic acids is 1. The number of halogens is 1. The lowest BCUT2D eigenvalue weighted by Crippen LogP contribution is -2.20. The first kappa shape index (κ1) is 26.1. The highest BCUT2D eigenvalue weighted by Crippen LogP contribution is 2.24. The van der Waals surface area contributed by atoms with Gasteiger partial charge in [-0.15, -0.1) is 0 Å². The number of amides is 1. The SMILES string of the molecule is Cc1ccc(NS(=O)(=O)c2ccc(OCC(=O)Nc3ccc(OCc4ccccc4)cc3)cc2)cc1Cl. The van der Waals surface area contributed by atoms with Crippen LogP contribution in [0.3, 0.4) is 0 Å². The monoisotopic (exact) mass is 536 g/mol. The number of carbonyl (C=O) groups is 1.